The summed E-state index contributed by atoms with van der Waals surface area (Å²) >= 11 is 0. The van der Waals surface area contributed by atoms with Crippen LogP contribution >= 0.6 is 0 Å². The molecule has 0 radical (unpaired) electrons. The van der Waals surface area contributed by atoms with E-state index in [-0.39, 0.29) is 0 Å². The number of ether oxygens (including phenoxy) is 1. The number of rotatable bonds is 2. The Labute approximate surface area is 82.1 Å². The minimum Gasteiger partial charge on any atom is -0.462 e. The van der Waals surface area contributed by atoms with Crippen molar-refractivity contribution in [2.45, 2.75) is 6.92 Å². The number of hydrogen-bond acceptors (Lipinski definition) is 1. The van der Waals surface area contributed by atoms with Gasteiger partial charge in [-0.1, -0.05) is 30.3 Å². The van der Waals surface area contributed by atoms with Crippen LogP contribution in [0.25, 0.3) is 10.8 Å². The van der Waals surface area contributed by atoms with E-state index in [0.29, 0.717) is 5.75 Å². The highest BCUT2D eigenvalue weighted by Gasteiger charge is 2.02. The van der Waals surface area contributed by atoms with Gasteiger partial charge in [0.2, 0.25) is 6.86 Å². The summed E-state index contributed by atoms with van der Waals surface area (Å²) in [6.45, 7) is 1.24. The summed E-state index contributed by atoms with van der Waals surface area (Å²) in [5.41, 5.74) is 1.17. The van der Waals surface area contributed by atoms with Crippen molar-refractivity contribution >= 4 is 10.8 Å². The highest BCUT2D eigenvalue weighted by Crippen LogP contribution is 2.27. The average Bonchev–Trinajstić information content (AvgIpc) is 2.23. The Balaban J connectivity index is 2.68. The van der Waals surface area contributed by atoms with Crippen LogP contribution in [-0.2, 0) is 0 Å². The molecule has 72 valence electrons. The van der Waals surface area contributed by atoms with Gasteiger partial charge in [0.1, 0.15) is 5.75 Å². The van der Waals surface area contributed by atoms with Gasteiger partial charge in [0.05, 0.1) is 0 Å². The first-order valence-electron chi connectivity index (χ1n) is 4.50. The Kier molecular flexibility index (Phi) is 2.35. The van der Waals surface area contributed by atoms with Crippen molar-refractivity contribution < 1.29 is 9.13 Å². The zero-order valence-corrected chi connectivity index (χ0v) is 7.96. The summed E-state index contributed by atoms with van der Waals surface area (Å²) < 4.78 is 17.0. The average molecular weight is 190 g/mol. The molecule has 0 aliphatic heterocycles. The Hall–Kier alpha value is -1.57. The first-order chi connectivity index (χ1) is 6.83. The third kappa shape index (κ3) is 1.43. The Morgan fingerprint density at radius 2 is 1.79 bits per heavy atom. The molecule has 2 heteroatoms. The molecule has 0 aromatic heterocycles. The Morgan fingerprint density at radius 3 is 2.50 bits per heavy atom. The smallest absolute Gasteiger partial charge is 0.228 e. The van der Waals surface area contributed by atoms with Gasteiger partial charge in [-0.05, 0) is 23.9 Å². The van der Waals surface area contributed by atoms with E-state index in [9.17, 15) is 4.39 Å². The minimum atomic E-state index is -0.785. The Bertz CT molecular complexity index is 451. The van der Waals surface area contributed by atoms with Gasteiger partial charge < -0.3 is 4.74 Å². The van der Waals surface area contributed by atoms with Gasteiger partial charge in [0.25, 0.3) is 0 Å². The molecule has 2 rings (SSSR count). The monoisotopic (exact) mass is 190 g/mol. The molecule has 0 N–H and O–H groups in total. The van der Waals surface area contributed by atoms with E-state index < -0.39 is 6.86 Å². The molecule has 0 heterocycles. The molecule has 0 fully saturated rings. The van der Waals surface area contributed by atoms with Crippen molar-refractivity contribution in [3.8, 4) is 5.75 Å². The van der Waals surface area contributed by atoms with E-state index in [4.69, 9.17) is 4.74 Å². The second kappa shape index (κ2) is 3.66. The quantitative estimate of drug-likeness (QED) is 0.704. The number of aryl methyl sites for hydroxylation is 1. The Morgan fingerprint density at radius 1 is 1.07 bits per heavy atom. The van der Waals surface area contributed by atoms with Crippen molar-refractivity contribution in [3.05, 3.63) is 42.0 Å². The summed E-state index contributed by atoms with van der Waals surface area (Å²) in [7, 11) is 0. The number of fused-ring (bicyclic) bond motifs is 1. The van der Waals surface area contributed by atoms with E-state index in [0.717, 1.165) is 10.8 Å². The van der Waals surface area contributed by atoms with Gasteiger partial charge in [-0.2, -0.15) is 0 Å². The van der Waals surface area contributed by atoms with E-state index in [2.05, 4.69) is 0 Å². The van der Waals surface area contributed by atoms with Crippen molar-refractivity contribution in [1.82, 2.24) is 0 Å². The SMILES string of the molecule is Cc1ccc(OCF)c2ccccc12. The maximum absolute atomic E-state index is 12.1. The first-order valence-corrected chi connectivity index (χ1v) is 4.50. The zero-order chi connectivity index (χ0) is 9.97. The molecule has 0 unspecified atom stereocenters. The highest BCUT2D eigenvalue weighted by molar-refractivity contribution is 5.90. The van der Waals surface area contributed by atoms with Crippen molar-refractivity contribution in [3.63, 3.8) is 0 Å². The maximum atomic E-state index is 12.1. The third-order valence-corrected chi connectivity index (χ3v) is 2.31. The van der Waals surface area contributed by atoms with Gasteiger partial charge in [0.15, 0.2) is 0 Å². The maximum Gasteiger partial charge on any atom is 0.228 e. The molecule has 0 amide bonds. The lowest BCUT2D eigenvalue weighted by Crippen LogP contribution is -1.91. The van der Waals surface area contributed by atoms with E-state index in [1.807, 2.05) is 37.3 Å². The predicted molar refractivity (Wildman–Crippen MR) is 55.3 cm³/mol. The molecular formula is C12H11FO. The lowest BCUT2D eigenvalue weighted by atomic mass is 10.1. The second-order valence-corrected chi connectivity index (χ2v) is 3.18. The molecule has 2 aromatic rings. The van der Waals surface area contributed by atoms with Crippen LogP contribution in [0, 0.1) is 6.92 Å². The standard InChI is InChI=1S/C12H11FO/c1-9-6-7-12(14-8-13)11-5-3-2-4-10(9)11/h2-7H,8H2,1H3. The molecule has 0 aliphatic rings. The number of benzene rings is 2. The van der Waals surface area contributed by atoms with Crippen LogP contribution in [-0.4, -0.2) is 6.86 Å². The number of halogens is 1. The summed E-state index contributed by atoms with van der Waals surface area (Å²) in [6.07, 6.45) is 0. The van der Waals surface area contributed by atoms with Gasteiger partial charge in [-0.3, -0.25) is 0 Å². The van der Waals surface area contributed by atoms with E-state index in [1.54, 1.807) is 6.07 Å². The molecule has 0 atom stereocenters. The second-order valence-electron chi connectivity index (χ2n) is 3.18. The van der Waals surface area contributed by atoms with Crippen LogP contribution in [0.5, 0.6) is 5.75 Å². The molecule has 0 saturated heterocycles. The molecule has 1 nitrogen and oxygen atoms in total. The topological polar surface area (TPSA) is 9.23 Å². The van der Waals surface area contributed by atoms with Crippen LogP contribution in [0.1, 0.15) is 5.56 Å². The molecule has 0 spiro atoms. The van der Waals surface area contributed by atoms with Crippen LogP contribution in [0.15, 0.2) is 36.4 Å². The van der Waals surface area contributed by atoms with Crippen LogP contribution < -0.4 is 4.74 Å². The largest absolute Gasteiger partial charge is 0.462 e. The van der Waals surface area contributed by atoms with Gasteiger partial charge >= 0.3 is 0 Å². The van der Waals surface area contributed by atoms with Gasteiger partial charge in [0, 0.05) is 5.39 Å². The summed E-state index contributed by atoms with van der Waals surface area (Å²) in [4.78, 5) is 0. The van der Waals surface area contributed by atoms with E-state index >= 15 is 0 Å². The normalized spacial score (nSPS) is 10.4. The molecular weight excluding hydrogens is 179 g/mol. The van der Waals surface area contributed by atoms with Gasteiger partial charge in [-0.25, -0.2) is 4.39 Å². The summed E-state index contributed by atoms with van der Waals surface area (Å²) in [5, 5.41) is 2.07. The van der Waals surface area contributed by atoms with Crippen LogP contribution in [0.4, 0.5) is 4.39 Å². The van der Waals surface area contributed by atoms with Crippen molar-refractivity contribution in [2.24, 2.45) is 0 Å². The summed E-state index contributed by atoms with van der Waals surface area (Å²) in [6, 6.07) is 11.6. The molecule has 0 bridgehead atoms. The number of alkyl halides is 1. The first kappa shape index (κ1) is 9.00. The highest BCUT2D eigenvalue weighted by atomic mass is 19.1. The van der Waals surface area contributed by atoms with Crippen LogP contribution in [0.2, 0.25) is 0 Å². The zero-order valence-electron chi connectivity index (χ0n) is 7.96. The molecule has 0 saturated carbocycles. The molecule has 2 aromatic carbocycles. The van der Waals surface area contributed by atoms with Gasteiger partial charge in [-0.15, -0.1) is 0 Å². The third-order valence-electron chi connectivity index (χ3n) is 2.31. The van der Waals surface area contributed by atoms with Crippen molar-refractivity contribution in [1.29, 1.82) is 0 Å². The fraction of sp³-hybridized carbons (Fsp3) is 0.167. The lowest BCUT2D eigenvalue weighted by Gasteiger charge is -2.07. The fourth-order valence-corrected chi connectivity index (χ4v) is 1.61. The van der Waals surface area contributed by atoms with Crippen molar-refractivity contribution in [2.75, 3.05) is 6.86 Å². The fourth-order valence-electron chi connectivity index (χ4n) is 1.61. The number of hydrogen-bond donors (Lipinski definition) is 0. The molecule has 0 aliphatic carbocycles. The van der Waals surface area contributed by atoms with Crippen LogP contribution in [0.3, 0.4) is 0 Å². The molecule has 14 heavy (non-hydrogen) atoms. The minimum absolute atomic E-state index is 0.605. The lowest BCUT2D eigenvalue weighted by molar-refractivity contribution is 0.194. The van der Waals surface area contributed by atoms with E-state index in [1.165, 1.54) is 5.56 Å². The summed E-state index contributed by atoms with van der Waals surface area (Å²) in [5.74, 6) is 0.605. The predicted octanol–water partition coefficient (Wildman–Crippen LogP) is 3.45.